The standard InChI is InChI=1S/C13H24O2S/c1-4-6-7-8-9-15-13(14)11-12(3)16-10-5-2/h6-7,12H,4-5,8-11H2,1-3H3/b7-6-. The van der Waals surface area contributed by atoms with Gasteiger partial charge in [0.05, 0.1) is 13.0 Å². The van der Waals surface area contributed by atoms with Gasteiger partial charge in [0, 0.05) is 5.25 Å². The second-order valence-electron chi connectivity index (χ2n) is 3.77. The highest BCUT2D eigenvalue weighted by atomic mass is 32.2. The quantitative estimate of drug-likeness (QED) is 0.350. The van der Waals surface area contributed by atoms with E-state index in [0.29, 0.717) is 18.3 Å². The van der Waals surface area contributed by atoms with Crippen LogP contribution in [0.4, 0.5) is 0 Å². The Morgan fingerprint density at radius 3 is 2.75 bits per heavy atom. The molecule has 0 fully saturated rings. The van der Waals surface area contributed by atoms with E-state index in [0.717, 1.165) is 25.0 Å². The Bertz CT molecular complexity index is 202. The van der Waals surface area contributed by atoms with Crippen molar-refractivity contribution in [2.24, 2.45) is 0 Å². The van der Waals surface area contributed by atoms with Gasteiger partial charge in [0.25, 0.3) is 0 Å². The van der Waals surface area contributed by atoms with E-state index in [-0.39, 0.29) is 5.97 Å². The number of carbonyl (C=O) groups excluding carboxylic acids is 1. The molecule has 0 spiro atoms. The van der Waals surface area contributed by atoms with Crippen LogP contribution in [0.1, 0.15) is 46.5 Å². The maximum absolute atomic E-state index is 11.4. The molecule has 0 aliphatic heterocycles. The van der Waals surface area contributed by atoms with Crippen LogP contribution in [0.25, 0.3) is 0 Å². The molecule has 2 nitrogen and oxygen atoms in total. The predicted octanol–water partition coefficient (Wildman–Crippen LogP) is 3.81. The molecule has 0 aromatic carbocycles. The highest BCUT2D eigenvalue weighted by molar-refractivity contribution is 7.99. The molecule has 0 saturated carbocycles. The van der Waals surface area contributed by atoms with E-state index in [1.807, 2.05) is 11.8 Å². The Balaban J connectivity index is 3.46. The Kier molecular flexibility index (Phi) is 10.8. The lowest BCUT2D eigenvalue weighted by molar-refractivity contribution is -0.143. The van der Waals surface area contributed by atoms with Gasteiger partial charge in [-0.3, -0.25) is 4.79 Å². The lowest BCUT2D eigenvalue weighted by Crippen LogP contribution is -2.11. The van der Waals surface area contributed by atoms with Gasteiger partial charge in [-0.05, 0) is 25.0 Å². The molecule has 0 aliphatic carbocycles. The SMILES string of the molecule is CC/C=C\CCOC(=O)CC(C)SCCC. The third-order valence-corrected chi connectivity index (χ3v) is 3.39. The molecule has 0 aromatic heterocycles. The number of hydrogen-bond donors (Lipinski definition) is 0. The number of allylic oxidation sites excluding steroid dienone is 1. The first-order valence-electron chi connectivity index (χ1n) is 6.12. The first-order valence-corrected chi connectivity index (χ1v) is 7.17. The van der Waals surface area contributed by atoms with Crippen LogP contribution in [0.2, 0.25) is 0 Å². The molecule has 16 heavy (non-hydrogen) atoms. The minimum Gasteiger partial charge on any atom is -0.465 e. The average molecular weight is 244 g/mol. The van der Waals surface area contributed by atoms with Crippen molar-refractivity contribution < 1.29 is 9.53 Å². The third kappa shape index (κ3) is 10.1. The van der Waals surface area contributed by atoms with Crippen molar-refractivity contribution in [3.8, 4) is 0 Å². The smallest absolute Gasteiger partial charge is 0.306 e. The molecule has 1 atom stereocenters. The zero-order chi connectivity index (χ0) is 12.2. The van der Waals surface area contributed by atoms with Gasteiger partial charge in [0.15, 0.2) is 0 Å². The van der Waals surface area contributed by atoms with E-state index in [4.69, 9.17) is 4.74 Å². The lowest BCUT2D eigenvalue weighted by Gasteiger charge is -2.09. The summed E-state index contributed by atoms with van der Waals surface area (Å²) in [7, 11) is 0. The number of thioether (sulfide) groups is 1. The second-order valence-corrected chi connectivity index (χ2v) is 5.32. The fourth-order valence-corrected chi connectivity index (χ4v) is 2.09. The van der Waals surface area contributed by atoms with Gasteiger partial charge in [0.1, 0.15) is 0 Å². The van der Waals surface area contributed by atoms with Gasteiger partial charge in [-0.2, -0.15) is 11.8 Å². The summed E-state index contributed by atoms with van der Waals surface area (Å²) in [4.78, 5) is 11.4. The molecule has 94 valence electrons. The van der Waals surface area contributed by atoms with Crippen molar-refractivity contribution in [2.75, 3.05) is 12.4 Å². The summed E-state index contributed by atoms with van der Waals surface area (Å²) in [5.74, 6) is 1.05. The van der Waals surface area contributed by atoms with Crippen molar-refractivity contribution in [1.82, 2.24) is 0 Å². The minimum atomic E-state index is -0.0685. The van der Waals surface area contributed by atoms with E-state index in [1.165, 1.54) is 0 Å². The number of esters is 1. The highest BCUT2D eigenvalue weighted by Gasteiger charge is 2.09. The Morgan fingerprint density at radius 1 is 1.38 bits per heavy atom. The molecule has 0 radical (unpaired) electrons. The Hall–Kier alpha value is -0.440. The van der Waals surface area contributed by atoms with Crippen LogP contribution in [0.3, 0.4) is 0 Å². The molecule has 0 saturated heterocycles. The van der Waals surface area contributed by atoms with Crippen molar-refractivity contribution in [2.45, 2.75) is 51.7 Å². The van der Waals surface area contributed by atoms with E-state index in [9.17, 15) is 4.79 Å². The maximum Gasteiger partial charge on any atom is 0.306 e. The molecule has 0 N–H and O–H groups in total. The van der Waals surface area contributed by atoms with Crippen LogP contribution in [0.15, 0.2) is 12.2 Å². The van der Waals surface area contributed by atoms with E-state index in [1.54, 1.807) is 0 Å². The van der Waals surface area contributed by atoms with E-state index >= 15 is 0 Å². The Morgan fingerprint density at radius 2 is 2.12 bits per heavy atom. The van der Waals surface area contributed by atoms with E-state index < -0.39 is 0 Å². The maximum atomic E-state index is 11.4. The molecular weight excluding hydrogens is 220 g/mol. The van der Waals surface area contributed by atoms with Crippen LogP contribution < -0.4 is 0 Å². The van der Waals surface area contributed by atoms with Crippen molar-refractivity contribution in [3.05, 3.63) is 12.2 Å². The van der Waals surface area contributed by atoms with Crippen LogP contribution >= 0.6 is 11.8 Å². The fourth-order valence-electron chi connectivity index (χ4n) is 1.20. The first kappa shape index (κ1) is 15.6. The van der Waals surface area contributed by atoms with Crippen LogP contribution in [-0.2, 0) is 9.53 Å². The van der Waals surface area contributed by atoms with Crippen LogP contribution in [0.5, 0.6) is 0 Å². The van der Waals surface area contributed by atoms with Crippen LogP contribution in [0, 0.1) is 0 Å². The number of hydrogen-bond acceptors (Lipinski definition) is 3. The van der Waals surface area contributed by atoms with Crippen LogP contribution in [-0.4, -0.2) is 23.6 Å². The van der Waals surface area contributed by atoms with Crippen molar-refractivity contribution in [1.29, 1.82) is 0 Å². The van der Waals surface area contributed by atoms with Crippen molar-refractivity contribution >= 4 is 17.7 Å². The van der Waals surface area contributed by atoms with Gasteiger partial charge in [-0.25, -0.2) is 0 Å². The normalized spacial score (nSPS) is 12.9. The van der Waals surface area contributed by atoms with Gasteiger partial charge in [-0.15, -0.1) is 0 Å². The number of ether oxygens (including phenoxy) is 1. The molecule has 0 rings (SSSR count). The summed E-state index contributed by atoms with van der Waals surface area (Å²) in [5.41, 5.74) is 0. The largest absolute Gasteiger partial charge is 0.465 e. The molecule has 0 heterocycles. The minimum absolute atomic E-state index is 0.0685. The fraction of sp³-hybridized carbons (Fsp3) is 0.769. The first-order chi connectivity index (χ1) is 7.70. The molecule has 0 aromatic rings. The van der Waals surface area contributed by atoms with Gasteiger partial charge >= 0.3 is 5.97 Å². The van der Waals surface area contributed by atoms with Crippen molar-refractivity contribution in [3.63, 3.8) is 0 Å². The monoisotopic (exact) mass is 244 g/mol. The topological polar surface area (TPSA) is 26.3 Å². The zero-order valence-corrected chi connectivity index (χ0v) is 11.5. The van der Waals surface area contributed by atoms with Gasteiger partial charge < -0.3 is 4.74 Å². The third-order valence-electron chi connectivity index (χ3n) is 2.01. The molecule has 0 bridgehead atoms. The summed E-state index contributed by atoms with van der Waals surface area (Å²) in [6.07, 6.45) is 7.71. The number of rotatable bonds is 9. The number of carbonyl (C=O) groups is 1. The summed E-state index contributed by atoms with van der Waals surface area (Å²) in [6, 6.07) is 0. The van der Waals surface area contributed by atoms with Gasteiger partial charge in [-0.1, -0.05) is 32.9 Å². The lowest BCUT2D eigenvalue weighted by atomic mass is 10.3. The summed E-state index contributed by atoms with van der Waals surface area (Å²) >= 11 is 1.84. The summed E-state index contributed by atoms with van der Waals surface area (Å²) in [5, 5.41) is 0.374. The van der Waals surface area contributed by atoms with E-state index in [2.05, 4.69) is 32.9 Å². The van der Waals surface area contributed by atoms with Gasteiger partial charge in [0.2, 0.25) is 0 Å². The summed E-state index contributed by atoms with van der Waals surface area (Å²) in [6.45, 7) is 6.84. The molecular formula is C13H24O2S. The highest BCUT2D eigenvalue weighted by Crippen LogP contribution is 2.15. The average Bonchev–Trinajstić information content (AvgIpc) is 2.26. The molecule has 3 heteroatoms. The second kappa shape index (κ2) is 11.1. The molecule has 0 aliphatic rings. The summed E-state index contributed by atoms with van der Waals surface area (Å²) < 4.78 is 5.14. The zero-order valence-electron chi connectivity index (χ0n) is 10.7. The molecule has 1 unspecified atom stereocenters. The Labute approximate surface area is 104 Å². The predicted molar refractivity (Wildman–Crippen MR) is 71.8 cm³/mol. The molecule has 0 amide bonds.